The standard InChI is InChI=1S/C12H20N2S/c1-3-15-9-8-10(2)14-12-6-4-11(13)5-7-12/h4-7,10,14H,3,8-9,13H2,1-2H3. The quantitative estimate of drug-likeness (QED) is 0.575. The van der Waals surface area contributed by atoms with Crippen molar-refractivity contribution in [3.8, 4) is 0 Å². The first-order chi connectivity index (χ1) is 7.22. The molecule has 0 heterocycles. The fourth-order valence-corrected chi connectivity index (χ4v) is 2.15. The van der Waals surface area contributed by atoms with E-state index in [1.54, 1.807) is 0 Å². The topological polar surface area (TPSA) is 38.0 Å². The van der Waals surface area contributed by atoms with Crippen LogP contribution in [0.5, 0.6) is 0 Å². The maximum absolute atomic E-state index is 5.62. The van der Waals surface area contributed by atoms with Crippen LogP contribution in [0.1, 0.15) is 20.3 Å². The average Bonchev–Trinajstić information content (AvgIpc) is 2.22. The van der Waals surface area contributed by atoms with Gasteiger partial charge in [-0.15, -0.1) is 0 Å². The number of anilines is 2. The summed E-state index contributed by atoms with van der Waals surface area (Å²) in [5, 5.41) is 3.46. The molecule has 3 heteroatoms. The van der Waals surface area contributed by atoms with Crippen LogP contribution in [0, 0.1) is 0 Å². The zero-order chi connectivity index (χ0) is 11.1. The van der Waals surface area contributed by atoms with E-state index in [0.29, 0.717) is 6.04 Å². The van der Waals surface area contributed by atoms with Gasteiger partial charge in [-0.1, -0.05) is 6.92 Å². The molecule has 0 amide bonds. The number of nitrogen functional groups attached to an aromatic ring is 1. The summed E-state index contributed by atoms with van der Waals surface area (Å²) in [4.78, 5) is 0. The molecule has 1 aromatic carbocycles. The van der Waals surface area contributed by atoms with E-state index in [-0.39, 0.29) is 0 Å². The zero-order valence-electron chi connectivity index (χ0n) is 9.49. The monoisotopic (exact) mass is 224 g/mol. The van der Waals surface area contributed by atoms with Gasteiger partial charge in [0.25, 0.3) is 0 Å². The summed E-state index contributed by atoms with van der Waals surface area (Å²) in [6.07, 6.45) is 1.20. The van der Waals surface area contributed by atoms with Crippen molar-refractivity contribution in [2.45, 2.75) is 26.3 Å². The van der Waals surface area contributed by atoms with E-state index in [2.05, 4.69) is 19.2 Å². The molecule has 0 aliphatic carbocycles. The summed E-state index contributed by atoms with van der Waals surface area (Å²) in [7, 11) is 0. The number of hydrogen-bond donors (Lipinski definition) is 2. The maximum atomic E-state index is 5.62. The molecule has 0 saturated heterocycles. The Hall–Kier alpha value is -0.830. The highest BCUT2D eigenvalue weighted by atomic mass is 32.2. The van der Waals surface area contributed by atoms with Gasteiger partial charge in [-0.05, 0) is 49.1 Å². The third kappa shape index (κ3) is 4.98. The van der Waals surface area contributed by atoms with E-state index in [1.165, 1.54) is 17.9 Å². The number of benzene rings is 1. The molecule has 0 aliphatic heterocycles. The normalized spacial score (nSPS) is 12.4. The van der Waals surface area contributed by atoms with Gasteiger partial charge in [-0.3, -0.25) is 0 Å². The molecule has 0 bridgehead atoms. The Balaban J connectivity index is 2.31. The predicted octanol–water partition coefficient (Wildman–Crippen LogP) is 3.21. The van der Waals surface area contributed by atoms with Gasteiger partial charge in [0.1, 0.15) is 0 Å². The van der Waals surface area contributed by atoms with Gasteiger partial charge in [0, 0.05) is 17.4 Å². The van der Waals surface area contributed by atoms with Gasteiger partial charge < -0.3 is 11.1 Å². The number of nitrogens with one attached hydrogen (secondary N) is 1. The van der Waals surface area contributed by atoms with E-state index < -0.39 is 0 Å². The Bertz CT molecular complexity index is 271. The van der Waals surface area contributed by atoms with Gasteiger partial charge >= 0.3 is 0 Å². The van der Waals surface area contributed by atoms with E-state index in [4.69, 9.17) is 5.73 Å². The zero-order valence-corrected chi connectivity index (χ0v) is 10.3. The Morgan fingerprint density at radius 2 is 2.00 bits per heavy atom. The molecule has 0 aromatic heterocycles. The second kappa shape index (κ2) is 6.62. The smallest absolute Gasteiger partial charge is 0.0343 e. The lowest BCUT2D eigenvalue weighted by Gasteiger charge is -2.14. The van der Waals surface area contributed by atoms with Crippen molar-refractivity contribution in [1.29, 1.82) is 0 Å². The van der Waals surface area contributed by atoms with Crippen LogP contribution in [0.15, 0.2) is 24.3 Å². The number of hydrogen-bond acceptors (Lipinski definition) is 3. The van der Waals surface area contributed by atoms with Gasteiger partial charge in [-0.25, -0.2) is 0 Å². The summed E-state index contributed by atoms with van der Waals surface area (Å²) in [5.74, 6) is 2.42. The van der Waals surface area contributed by atoms with E-state index >= 15 is 0 Å². The molecule has 2 nitrogen and oxygen atoms in total. The van der Waals surface area contributed by atoms with Crippen LogP contribution in [-0.4, -0.2) is 17.5 Å². The molecule has 0 aliphatic rings. The van der Waals surface area contributed by atoms with Crippen LogP contribution in [0.2, 0.25) is 0 Å². The minimum absolute atomic E-state index is 0.521. The first-order valence-electron chi connectivity index (χ1n) is 5.42. The molecule has 15 heavy (non-hydrogen) atoms. The van der Waals surface area contributed by atoms with Crippen LogP contribution < -0.4 is 11.1 Å². The number of nitrogens with two attached hydrogens (primary N) is 1. The van der Waals surface area contributed by atoms with Crippen LogP contribution in [-0.2, 0) is 0 Å². The van der Waals surface area contributed by atoms with E-state index in [0.717, 1.165) is 11.4 Å². The van der Waals surface area contributed by atoms with Crippen molar-refractivity contribution in [3.63, 3.8) is 0 Å². The molecule has 0 fully saturated rings. The van der Waals surface area contributed by atoms with Crippen molar-refractivity contribution in [2.75, 3.05) is 22.6 Å². The van der Waals surface area contributed by atoms with Crippen molar-refractivity contribution >= 4 is 23.1 Å². The van der Waals surface area contributed by atoms with Gasteiger partial charge in [-0.2, -0.15) is 11.8 Å². The van der Waals surface area contributed by atoms with E-state index in [9.17, 15) is 0 Å². The highest BCUT2D eigenvalue weighted by Gasteiger charge is 2.01. The second-order valence-corrected chi connectivity index (χ2v) is 5.05. The largest absolute Gasteiger partial charge is 0.399 e. The van der Waals surface area contributed by atoms with Crippen molar-refractivity contribution in [1.82, 2.24) is 0 Å². The van der Waals surface area contributed by atoms with Crippen LogP contribution in [0.4, 0.5) is 11.4 Å². The molecule has 0 spiro atoms. The summed E-state index contributed by atoms with van der Waals surface area (Å²) in [6.45, 7) is 4.41. The Kier molecular flexibility index (Phi) is 5.40. The Labute approximate surface area is 96.6 Å². The molecular weight excluding hydrogens is 204 g/mol. The molecule has 1 atom stereocenters. The fourth-order valence-electron chi connectivity index (χ4n) is 1.34. The van der Waals surface area contributed by atoms with Gasteiger partial charge in [0.2, 0.25) is 0 Å². The molecule has 1 unspecified atom stereocenters. The second-order valence-electron chi connectivity index (χ2n) is 3.65. The lowest BCUT2D eigenvalue weighted by atomic mass is 10.2. The molecule has 1 rings (SSSR count). The minimum Gasteiger partial charge on any atom is -0.399 e. The van der Waals surface area contributed by atoms with Crippen LogP contribution in [0.25, 0.3) is 0 Å². The lowest BCUT2D eigenvalue weighted by Crippen LogP contribution is -2.15. The molecule has 0 radical (unpaired) electrons. The van der Waals surface area contributed by atoms with Crippen molar-refractivity contribution in [3.05, 3.63) is 24.3 Å². The minimum atomic E-state index is 0.521. The SMILES string of the molecule is CCSCCC(C)Nc1ccc(N)cc1. The predicted molar refractivity (Wildman–Crippen MR) is 71.6 cm³/mol. The first-order valence-corrected chi connectivity index (χ1v) is 6.57. The van der Waals surface area contributed by atoms with Crippen LogP contribution >= 0.6 is 11.8 Å². The van der Waals surface area contributed by atoms with Crippen LogP contribution in [0.3, 0.4) is 0 Å². The molecule has 1 aromatic rings. The highest BCUT2D eigenvalue weighted by molar-refractivity contribution is 7.99. The summed E-state index contributed by atoms with van der Waals surface area (Å²) >= 11 is 1.99. The first kappa shape index (κ1) is 12.2. The van der Waals surface area contributed by atoms with Gasteiger partial charge in [0.05, 0.1) is 0 Å². The molecular formula is C12H20N2S. The summed E-state index contributed by atoms with van der Waals surface area (Å²) in [5.41, 5.74) is 7.59. The van der Waals surface area contributed by atoms with Crippen molar-refractivity contribution in [2.24, 2.45) is 0 Å². The third-order valence-corrected chi connectivity index (χ3v) is 3.16. The maximum Gasteiger partial charge on any atom is 0.0343 e. The summed E-state index contributed by atoms with van der Waals surface area (Å²) in [6, 6.07) is 8.43. The molecule has 0 saturated carbocycles. The lowest BCUT2D eigenvalue weighted by molar-refractivity contribution is 0.772. The fraction of sp³-hybridized carbons (Fsp3) is 0.500. The summed E-state index contributed by atoms with van der Waals surface area (Å²) < 4.78 is 0. The Morgan fingerprint density at radius 3 is 2.60 bits per heavy atom. The molecule has 84 valence electrons. The van der Waals surface area contributed by atoms with Crippen molar-refractivity contribution < 1.29 is 0 Å². The Morgan fingerprint density at radius 1 is 1.33 bits per heavy atom. The van der Waals surface area contributed by atoms with E-state index in [1.807, 2.05) is 36.0 Å². The number of rotatable bonds is 6. The highest BCUT2D eigenvalue weighted by Crippen LogP contribution is 2.13. The molecule has 3 N–H and O–H groups in total. The van der Waals surface area contributed by atoms with Gasteiger partial charge in [0.15, 0.2) is 0 Å². The average molecular weight is 224 g/mol. The third-order valence-electron chi connectivity index (χ3n) is 2.22. The number of thioether (sulfide) groups is 1.